The van der Waals surface area contributed by atoms with Crippen molar-refractivity contribution in [3.63, 3.8) is 0 Å². The Hall–Kier alpha value is -1.77. The van der Waals surface area contributed by atoms with Gasteiger partial charge in [-0.25, -0.2) is 4.79 Å². The van der Waals surface area contributed by atoms with Gasteiger partial charge in [-0.3, -0.25) is 0 Å². The lowest BCUT2D eigenvalue weighted by Crippen LogP contribution is -2.01. The molecular formula is C11H11NO2. The highest BCUT2D eigenvalue weighted by molar-refractivity contribution is 6.05. The van der Waals surface area contributed by atoms with Crippen LogP contribution in [-0.4, -0.2) is 18.1 Å². The predicted octanol–water partition coefficient (Wildman–Crippen LogP) is 2.26. The van der Waals surface area contributed by atoms with E-state index in [9.17, 15) is 4.79 Å². The molecule has 0 saturated carbocycles. The second-order valence-electron chi connectivity index (χ2n) is 3.08. The molecule has 0 amide bonds. The summed E-state index contributed by atoms with van der Waals surface area (Å²) in [5.41, 5.74) is 1.92. The lowest BCUT2D eigenvalue weighted by atomic mass is 10.1. The summed E-state index contributed by atoms with van der Waals surface area (Å²) in [5, 5.41) is 0.742. The van der Waals surface area contributed by atoms with Crippen LogP contribution >= 0.6 is 0 Å². The van der Waals surface area contributed by atoms with Gasteiger partial charge in [0.1, 0.15) is 0 Å². The van der Waals surface area contributed by atoms with Crippen LogP contribution < -0.4 is 0 Å². The number of esters is 1. The zero-order chi connectivity index (χ0) is 11.0. The van der Waals surface area contributed by atoms with Crippen molar-refractivity contribution in [1.82, 2.24) is 4.98 Å². The number of carbonyl (C=O) groups is 1. The summed E-state index contributed by atoms with van der Waals surface area (Å²) in [6.45, 7) is 1.80. The van der Waals surface area contributed by atoms with Gasteiger partial charge in [-0.15, -0.1) is 0 Å². The van der Waals surface area contributed by atoms with Gasteiger partial charge < -0.3 is 9.72 Å². The molecule has 0 bridgehead atoms. The lowest BCUT2D eigenvalue weighted by Gasteiger charge is -1.97. The fraction of sp³-hybridized carbons (Fsp3) is 0.182. The molecule has 1 N–H and O–H groups in total. The van der Waals surface area contributed by atoms with Crippen LogP contribution in [0.2, 0.25) is 0 Å². The van der Waals surface area contributed by atoms with E-state index in [-0.39, 0.29) is 5.97 Å². The number of ether oxygens (including phenoxy) is 1. The van der Waals surface area contributed by atoms with E-state index in [1.807, 2.05) is 6.07 Å². The summed E-state index contributed by atoms with van der Waals surface area (Å²) < 4.78 is 12.4. The number of fused-ring (bicyclic) bond motifs is 1. The van der Waals surface area contributed by atoms with Crippen molar-refractivity contribution in [3.05, 3.63) is 35.5 Å². The number of aromatic amines is 1. The molecule has 0 aliphatic heterocycles. The highest BCUT2D eigenvalue weighted by atomic mass is 16.5. The van der Waals surface area contributed by atoms with Crippen molar-refractivity contribution in [2.75, 3.05) is 7.11 Å². The Labute approximate surface area is 83.1 Å². The van der Waals surface area contributed by atoms with Crippen molar-refractivity contribution in [3.8, 4) is 0 Å². The SMILES string of the molecule is [2H]c1cccc2c(C(=O)OC)c(C)[nH]c12. The summed E-state index contributed by atoms with van der Waals surface area (Å²) in [6.07, 6.45) is 0. The van der Waals surface area contributed by atoms with Crippen molar-refractivity contribution in [2.24, 2.45) is 0 Å². The van der Waals surface area contributed by atoms with E-state index in [1.54, 1.807) is 19.1 Å². The van der Waals surface area contributed by atoms with Gasteiger partial charge >= 0.3 is 5.97 Å². The number of methoxy groups -OCH3 is 1. The number of para-hydroxylation sites is 1. The largest absolute Gasteiger partial charge is 0.465 e. The fourth-order valence-electron chi connectivity index (χ4n) is 1.57. The summed E-state index contributed by atoms with van der Waals surface area (Å²) in [7, 11) is 1.35. The Bertz CT molecular complexity index is 531. The van der Waals surface area contributed by atoms with Crippen molar-refractivity contribution in [2.45, 2.75) is 6.92 Å². The quantitative estimate of drug-likeness (QED) is 0.701. The third-order valence-electron chi connectivity index (χ3n) is 2.20. The molecule has 3 heteroatoms. The number of hydrogen-bond acceptors (Lipinski definition) is 2. The maximum absolute atomic E-state index is 11.5. The monoisotopic (exact) mass is 190 g/mol. The van der Waals surface area contributed by atoms with Gasteiger partial charge in [-0.05, 0) is 13.0 Å². The zero-order valence-electron chi connectivity index (χ0n) is 9.05. The molecule has 72 valence electrons. The summed E-state index contributed by atoms with van der Waals surface area (Å²) >= 11 is 0. The fourth-order valence-corrected chi connectivity index (χ4v) is 1.57. The molecule has 1 heterocycles. The smallest absolute Gasteiger partial charge is 0.340 e. The molecule has 1 aromatic heterocycles. The van der Waals surface area contributed by atoms with Crippen molar-refractivity contribution >= 4 is 16.9 Å². The van der Waals surface area contributed by atoms with Crippen LogP contribution in [-0.2, 0) is 4.74 Å². The van der Waals surface area contributed by atoms with Crippen LogP contribution in [0.25, 0.3) is 10.9 Å². The summed E-state index contributed by atoms with van der Waals surface area (Å²) in [5.74, 6) is -0.371. The van der Waals surface area contributed by atoms with E-state index in [0.29, 0.717) is 17.1 Å². The molecule has 0 aliphatic rings. The molecule has 0 fully saturated rings. The van der Waals surface area contributed by atoms with Crippen LogP contribution in [0.1, 0.15) is 17.4 Å². The molecule has 1 aromatic carbocycles. The zero-order valence-corrected chi connectivity index (χ0v) is 8.05. The maximum atomic E-state index is 11.5. The first-order chi connectivity index (χ1) is 7.15. The summed E-state index contributed by atoms with van der Waals surface area (Å²) in [4.78, 5) is 14.5. The van der Waals surface area contributed by atoms with Crippen molar-refractivity contribution in [1.29, 1.82) is 0 Å². The predicted molar refractivity (Wildman–Crippen MR) is 54.4 cm³/mol. The minimum absolute atomic E-state index is 0.371. The van der Waals surface area contributed by atoms with Gasteiger partial charge in [-0.1, -0.05) is 18.2 Å². The highest BCUT2D eigenvalue weighted by Gasteiger charge is 2.15. The molecule has 0 unspecified atom stereocenters. The molecule has 0 saturated heterocycles. The number of aromatic nitrogens is 1. The third-order valence-corrected chi connectivity index (χ3v) is 2.20. The average Bonchev–Trinajstić information content (AvgIpc) is 2.55. The van der Waals surface area contributed by atoms with Crippen molar-refractivity contribution < 1.29 is 10.9 Å². The number of nitrogens with one attached hydrogen (secondary N) is 1. The van der Waals surface area contributed by atoms with Gasteiger partial charge in [0.25, 0.3) is 0 Å². The number of benzene rings is 1. The standard InChI is InChI=1S/C11H11NO2/c1-7-10(11(13)14-2)8-5-3-4-6-9(8)12-7/h3-6,12H,1-2H3/i6D. The first-order valence-electron chi connectivity index (χ1n) is 4.81. The normalized spacial score (nSPS) is 11.4. The van der Waals surface area contributed by atoms with Crippen LogP contribution in [0.5, 0.6) is 0 Å². The van der Waals surface area contributed by atoms with Gasteiger partial charge in [0.05, 0.1) is 14.0 Å². The molecule has 0 spiro atoms. The second-order valence-corrected chi connectivity index (χ2v) is 3.08. The molecular weight excluding hydrogens is 178 g/mol. The van der Waals surface area contributed by atoms with E-state index in [4.69, 9.17) is 6.11 Å². The molecule has 2 aromatic rings. The highest BCUT2D eigenvalue weighted by Crippen LogP contribution is 2.22. The molecule has 0 aliphatic carbocycles. The molecule has 0 atom stereocenters. The van der Waals surface area contributed by atoms with Gasteiger partial charge in [0.15, 0.2) is 0 Å². The number of hydrogen-bond donors (Lipinski definition) is 1. The van der Waals surface area contributed by atoms with Gasteiger partial charge in [0.2, 0.25) is 0 Å². The lowest BCUT2D eigenvalue weighted by molar-refractivity contribution is 0.0602. The van der Waals surface area contributed by atoms with E-state index in [0.717, 1.165) is 11.1 Å². The van der Waals surface area contributed by atoms with E-state index in [1.165, 1.54) is 7.11 Å². The molecule has 2 rings (SSSR count). The van der Waals surface area contributed by atoms with E-state index < -0.39 is 0 Å². The molecule has 14 heavy (non-hydrogen) atoms. The Morgan fingerprint density at radius 1 is 1.57 bits per heavy atom. The van der Waals surface area contributed by atoms with E-state index in [2.05, 4.69) is 4.98 Å². The Morgan fingerprint density at radius 3 is 3.07 bits per heavy atom. The first kappa shape index (κ1) is 7.62. The van der Waals surface area contributed by atoms with Crippen LogP contribution in [0.15, 0.2) is 24.2 Å². The first-order valence-corrected chi connectivity index (χ1v) is 4.31. The molecule has 3 nitrogen and oxygen atoms in total. The van der Waals surface area contributed by atoms with Crippen LogP contribution in [0.4, 0.5) is 0 Å². The maximum Gasteiger partial charge on any atom is 0.340 e. The van der Waals surface area contributed by atoms with Crippen LogP contribution in [0, 0.1) is 6.92 Å². The minimum Gasteiger partial charge on any atom is -0.465 e. The number of H-pyrrole nitrogens is 1. The minimum atomic E-state index is -0.371. The van der Waals surface area contributed by atoms with Crippen LogP contribution in [0.3, 0.4) is 0 Å². The summed E-state index contributed by atoms with van der Waals surface area (Å²) in [6, 6.07) is 5.62. The topological polar surface area (TPSA) is 42.1 Å². The average molecular weight is 190 g/mol. The Balaban J connectivity index is 2.79. The molecule has 0 radical (unpaired) electrons. The number of carbonyl (C=O) groups excluding carboxylic acids is 1. The number of rotatable bonds is 1. The third kappa shape index (κ3) is 1.18. The Kier molecular flexibility index (Phi) is 1.73. The van der Waals surface area contributed by atoms with E-state index >= 15 is 0 Å². The second kappa shape index (κ2) is 3.18. The van der Waals surface area contributed by atoms with Gasteiger partial charge in [-0.2, -0.15) is 0 Å². The van der Waals surface area contributed by atoms with Gasteiger partial charge in [0, 0.05) is 16.6 Å². The Morgan fingerprint density at radius 2 is 2.36 bits per heavy atom. The number of aryl methyl sites for hydroxylation is 1.